The van der Waals surface area contributed by atoms with E-state index < -0.39 is 0 Å². The molecule has 0 spiro atoms. The van der Waals surface area contributed by atoms with E-state index in [2.05, 4.69) is 69.0 Å². The standard InChI is InChI=1S/C18H21BrN6S/c1-11(15-21-9-14(19)10-22-15)26-17-24-23-16(25(17)20)12-5-7-13(8-6-12)18(2,3)4/h5-11H,20H2,1-4H3/t11-/m0/s1. The fourth-order valence-corrected chi connectivity index (χ4v) is 3.45. The maximum Gasteiger partial charge on any atom is 0.210 e. The Balaban J connectivity index is 1.80. The summed E-state index contributed by atoms with van der Waals surface area (Å²) < 4.78 is 2.37. The Hall–Kier alpha value is -1.93. The molecular weight excluding hydrogens is 412 g/mol. The molecule has 8 heteroatoms. The molecule has 0 unspecified atom stereocenters. The highest BCUT2D eigenvalue weighted by Gasteiger charge is 2.19. The molecule has 136 valence electrons. The first kappa shape index (κ1) is 18.8. The van der Waals surface area contributed by atoms with Gasteiger partial charge in [-0.2, -0.15) is 0 Å². The SMILES string of the molecule is C[C@H](Sc1nnc(-c2ccc(C(C)(C)C)cc2)n1N)c1ncc(Br)cn1. The highest BCUT2D eigenvalue weighted by molar-refractivity contribution is 9.10. The zero-order valence-corrected chi connectivity index (χ0v) is 17.5. The van der Waals surface area contributed by atoms with Gasteiger partial charge in [-0.25, -0.2) is 14.6 Å². The van der Waals surface area contributed by atoms with Gasteiger partial charge in [-0.1, -0.05) is 56.8 Å². The molecule has 2 heterocycles. The lowest BCUT2D eigenvalue weighted by Crippen LogP contribution is -2.13. The van der Waals surface area contributed by atoms with E-state index >= 15 is 0 Å². The van der Waals surface area contributed by atoms with E-state index in [1.165, 1.54) is 22.0 Å². The molecule has 0 amide bonds. The first-order valence-corrected chi connectivity index (χ1v) is 9.88. The lowest BCUT2D eigenvalue weighted by atomic mass is 9.87. The van der Waals surface area contributed by atoms with Gasteiger partial charge in [0.15, 0.2) is 5.82 Å². The van der Waals surface area contributed by atoms with Crippen molar-refractivity contribution >= 4 is 27.7 Å². The summed E-state index contributed by atoms with van der Waals surface area (Å²) in [6, 6.07) is 8.28. The third-order valence-electron chi connectivity index (χ3n) is 3.96. The zero-order chi connectivity index (χ0) is 18.9. The van der Waals surface area contributed by atoms with Crippen LogP contribution < -0.4 is 5.84 Å². The van der Waals surface area contributed by atoms with Crippen LogP contribution in [0.15, 0.2) is 46.3 Å². The number of nitrogens with two attached hydrogens (primary N) is 1. The quantitative estimate of drug-likeness (QED) is 0.486. The van der Waals surface area contributed by atoms with Crippen LogP contribution in [-0.2, 0) is 5.41 Å². The lowest BCUT2D eigenvalue weighted by molar-refractivity contribution is 0.590. The van der Waals surface area contributed by atoms with Crippen molar-refractivity contribution in [1.29, 1.82) is 0 Å². The second kappa shape index (κ2) is 7.36. The number of nitrogens with zero attached hydrogens (tertiary/aromatic N) is 5. The molecule has 0 radical (unpaired) electrons. The van der Waals surface area contributed by atoms with Crippen molar-refractivity contribution in [1.82, 2.24) is 24.8 Å². The lowest BCUT2D eigenvalue weighted by Gasteiger charge is -2.19. The summed E-state index contributed by atoms with van der Waals surface area (Å²) in [5.74, 6) is 7.59. The number of benzene rings is 1. The van der Waals surface area contributed by atoms with Crippen LogP contribution in [0.4, 0.5) is 0 Å². The van der Waals surface area contributed by atoms with E-state index in [1.54, 1.807) is 12.4 Å². The Morgan fingerprint density at radius 3 is 2.27 bits per heavy atom. The van der Waals surface area contributed by atoms with Gasteiger partial charge in [0, 0.05) is 18.0 Å². The zero-order valence-electron chi connectivity index (χ0n) is 15.1. The van der Waals surface area contributed by atoms with Gasteiger partial charge in [0.2, 0.25) is 5.16 Å². The number of hydrogen-bond donors (Lipinski definition) is 1. The second-order valence-corrected chi connectivity index (χ2v) is 9.25. The van der Waals surface area contributed by atoms with Crippen molar-refractivity contribution in [2.45, 2.75) is 43.5 Å². The summed E-state index contributed by atoms with van der Waals surface area (Å²) in [6.07, 6.45) is 3.46. The van der Waals surface area contributed by atoms with E-state index in [0.717, 1.165) is 15.9 Å². The number of hydrogen-bond acceptors (Lipinski definition) is 6. The largest absolute Gasteiger partial charge is 0.335 e. The summed E-state index contributed by atoms with van der Waals surface area (Å²) in [5.41, 5.74) is 2.31. The van der Waals surface area contributed by atoms with E-state index in [-0.39, 0.29) is 10.7 Å². The van der Waals surface area contributed by atoms with Gasteiger partial charge in [0.05, 0.1) is 9.72 Å². The Bertz CT molecular complexity index is 884. The molecule has 3 aromatic rings. The molecule has 0 fully saturated rings. The van der Waals surface area contributed by atoms with Crippen molar-refractivity contribution in [2.24, 2.45) is 0 Å². The monoisotopic (exact) mass is 432 g/mol. The van der Waals surface area contributed by atoms with Crippen molar-refractivity contribution in [2.75, 3.05) is 5.84 Å². The van der Waals surface area contributed by atoms with Crippen LogP contribution >= 0.6 is 27.7 Å². The van der Waals surface area contributed by atoms with Crippen molar-refractivity contribution in [3.8, 4) is 11.4 Å². The average molecular weight is 433 g/mol. The minimum absolute atomic E-state index is 0.00529. The molecule has 0 aliphatic heterocycles. The molecule has 3 rings (SSSR count). The third-order valence-corrected chi connectivity index (χ3v) is 5.42. The van der Waals surface area contributed by atoms with Gasteiger partial charge in [-0.15, -0.1) is 10.2 Å². The normalized spacial score (nSPS) is 13.0. The second-order valence-electron chi connectivity index (χ2n) is 7.02. The number of rotatable bonds is 4. The molecule has 1 atom stereocenters. The summed E-state index contributed by atoms with van der Waals surface area (Å²) in [6.45, 7) is 8.58. The Labute approximate surface area is 165 Å². The minimum Gasteiger partial charge on any atom is -0.335 e. The molecule has 0 saturated heterocycles. The Kier molecular flexibility index (Phi) is 5.34. The summed E-state index contributed by atoms with van der Waals surface area (Å²) >= 11 is 4.82. The molecule has 0 aliphatic carbocycles. The van der Waals surface area contributed by atoms with Crippen LogP contribution in [0.5, 0.6) is 0 Å². The fourth-order valence-electron chi connectivity index (χ4n) is 2.42. The van der Waals surface area contributed by atoms with Crippen LogP contribution in [0.3, 0.4) is 0 Å². The molecule has 0 aliphatic rings. The Morgan fingerprint density at radius 2 is 1.69 bits per heavy atom. The van der Waals surface area contributed by atoms with Crippen molar-refractivity contribution in [3.63, 3.8) is 0 Å². The van der Waals surface area contributed by atoms with E-state index in [9.17, 15) is 0 Å². The van der Waals surface area contributed by atoms with E-state index in [1.807, 2.05) is 19.1 Å². The van der Waals surface area contributed by atoms with Crippen LogP contribution in [0.25, 0.3) is 11.4 Å². The number of thioether (sulfide) groups is 1. The van der Waals surface area contributed by atoms with Gasteiger partial charge in [-0.05, 0) is 33.8 Å². The van der Waals surface area contributed by atoms with E-state index in [4.69, 9.17) is 5.84 Å². The number of halogens is 1. The van der Waals surface area contributed by atoms with Gasteiger partial charge in [0.1, 0.15) is 5.82 Å². The first-order valence-electron chi connectivity index (χ1n) is 8.21. The molecule has 2 N–H and O–H groups in total. The molecule has 6 nitrogen and oxygen atoms in total. The van der Waals surface area contributed by atoms with Crippen LogP contribution in [0, 0.1) is 0 Å². The predicted octanol–water partition coefficient (Wildman–Crippen LogP) is 4.36. The maximum absolute atomic E-state index is 6.23. The fraction of sp³-hybridized carbons (Fsp3) is 0.333. The van der Waals surface area contributed by atoms with Crippen LogP contribution in [0.1, 0.15) is 44.3 Å². The van der Waals surface area contributed by atoms with E-state index in [0.29, 0.717) is 11.0 Å². The van der Waals surface area contributed by atoms with Crippen LogP contribution in [0.2, 0.25) is 0 Å². The van der Waals surface area contributed by atoms with Gasteiger partial charge in [-0.3, -0.25) is 0 Å². The van der Waals surface area contributed by atoms with Gasteiger partial charge in [0.25, 0.3) is 0 Å². The highest BCUT2D eigenvalue weighted by atomic mass is 79.9. The first-order chi connectivity index (χ1) is 12.3. The molecule has 26 heavy (non-hydrogen) atoms. The molecule has 0 bridgehead atoms. The minimum atomic E-state index is 0.00529. The Morgan fingerprint density at radius 1 is 1.08 bits per heavy atom. The summed E-state index contributed by atoms with van der Waals surface area (Å²) in [4.78, 5) is 8.65. The van der Waals surface area contributed by atoms with Crippen molar-refractivity contribution in [3.05, 3.63) is 52.5 Å². The van der Waals surface area contributed by atoms with Crippen LogP contribution in [-0.4, -0.2) is 24.8 Å². The predicted molar refractivity (Wildman–Crippen MR) is 108 cm³/mol. The molecule has 2 aromatic heterocycles. The smallest absolute Gasteiger partial charge is 0.210 e. The molecular formula is C18H21BrN6S. The average Bonchev–Trinajstić information content (AvgIpc) is 2.95. The third kappa shape index (κ3) is 4.07. The highest BCUT2D eigenvalue weighted by Crippen LogP contribution is 2.33. The molecule has 1 aromatic carbocycles. The number of aromatic nitrogens is 5. The maximum atomic E-state index is 6.23. The van der Waals surface area contributed by atoms with Gasteiger partial charge >= 0.3 is 0 Å². The van der Waals surface area contributed by atoms with Crippen molar-refractivity contribution < 1.29 is 0 Å². The number of nitrogen functional groups attached to an aromatic ring is 1. The summed E-state index contributed by atoms with van der Waals surface area (Å²) in [5, 5.41) is 9.12. The topological polar surface area (TPSA) is 82.5 Å². The van der Waals surface area contributed by atoms with Gasteiger partial charge < -0.3 is 5.84 Å². The summed E-state index contributed by atoms with van der Waals surface area (Å²) in [7, 11) is 0. The molecule has 0 saturated carbocycles.